The summed E-state index contributed by atoms with van der Waals surface area (Å²) in [6.45, 7) is 1.87. The minimum atomic E-state index is -0.0979. The first-order valence-corrected chi connectivity index (χ1v) is 5.66. The summed E-state index contributed by atoms with van der Waals surface area (Å²) in [5.74, 6) is 0.967. The Balaban J connectivity index is 2.13. The van der Waals surface area contributed by atoms with E-state index in [1.54, 1.807) is 7.11 Å². The smallest absolute Gasteiger partial charge is 0.220 e. The van der Waals surface area contributed by atoms with Crippen LogP contribution in [0.2, 0.25) is 0 Å². The van der Waals surface area contributed by atoms with Crippen molar-refractivity contribution < 1.29 is 9.53 Å². The van der Waals surface area contributed by atoms with Gasteiger partial charge in [0.2, 0.25) is 5.91 Å². The van der Waals surface area contributed by atoms with Crippen LogP contribution in [0.15, 0.2) is 24.3 Å². The van der Waals surface area contributed by atoms with Gasteiger partial charge in [-0.2, -0.15) is 0 Å². The number of hydrogen-bond acceptors (Lipinski definition) is 2. The maximum absolute atomic E-state index is 11.4. The third-order valence-electron chi connectivity index (χ3n) is 3.09. The molecule has 1 aliphatic carbocycles. The molecule has 0 radical (unpaired) electrons. The summed E-state index contributed by atoms with van der Waals surface area (Å²) in [4.78, 5) is 11.4. The van der Waals surface area contributed by atoms with Gasteiger partial charge in [0.15, 0.2) is 0 Å². The molecule has 16 heavy (non-hydrogen) atoms. The van der Waals surface area contributed by atoms with Gasteiger partial charge in [-0.1, -0.05) is 19.1 Å². The minimum Gasteiger partial charge on any atom is -0.497 e. The van der Waals surface area contributed by atoms with E-state index in [0.717, 1.165) is 18.6 Å². The molecule has 0 saturated heterocycles. The van der Waals surface area contributed by atoms with Gasteiger partial charge in [0.05, 0.1) is 12.6 Å². The zero-order chi connectivity index (χ0) is 11.6. The third kappa shape index (κ3) is 2.03. The molecule has 1 N–H and O–H groups in total. The van der Waals surface area contributed by atoms with Gasteiger partial charge in [-0.3, -0.25) is 4.79 Å². The van der Waals surface area contributed by atoms with Crippen LogP contribution in [0.25, 0.3) is 0 Å². The number of methoxy groups -OCH3 is 1. The molecular weight excluding hydrogens is 202 g/mol. The fraction of sp³-hybridized carbons (Fsp3) is 0.462. The molecule has 86 valence electrons. The van der Waals surface area contributed by atoms with Crippen molar-refractivity contribution in [3.8, 4) is 5.75 Å². The van der Waals surface area contributed by atoms with Gasteiger partial charge >= 0.3 is 0 Å². The molecule has 1 amide bonds. The van der Waals surface area contributed by atoms with Crippen LogP contribution >= 0.6 is 0 Å². The standard InChI is InChI=1S/C13H17NO2/c1-3-12(15)14-13(8-9-13)10-4-6-11(16-2)7-5-10/h4-7H,3,8-9H2,1-2H3,(H,14,15). The molecule has 2 rings (SSSR count). The average Bonchev–Trinajstić information content (AvgIpc) is 3.10. The second-order valence-electron chi connectivity index (χ2n) is 4.21. The number of rotatable bonds is 4. The van der Waals surface area contributed by atoms with Crippen molar-refractivity contribution in [3.05, 3.63) is 29.8 Å². The van der Waals surface area contributed by atoms with Crippen molar-refractivity contribution in [3.63, 3.8) is 0 Å². The number of nitrogens with one attached hydrogen (secondary N) is 1. The van der Waals surface area contributed by atoms with Gasteiger partial charge in [0, 0.05) is 6.42 Å². The molecule has 0 heterocycles. The lowest BCUT2D eigenvalue weighted by atomic mass is 10.0. The lowest BCUT2D eigenvalue weighted by Crippen LogP contribution is -2.34. The molecule has 3 nitrogen and oxygen atoms in total. The van der Waals surface area contributed by atoms with Gasteiger partial charge in [-0.05, 0) is 30.5 Å². The first-order chi connectivity index (χ1) is 7.70. The van der Waals surface area contributed by atoms with Gasteiger partial charge in [-0.25, -0.2) is 0 Å². The van der Waals surface area contributed by atoms with Gasteiger partial charge in [0.25, 0.3) is 0 Å². The van der Waals surface area contributed by atoms with E-state index in [-0.39, 0.29) is 11.4 Å². The summed E-state index contributed by atoms with van der Waals surface area (Å²) >= 11 is 0. The van der Waals surface area contributed by atoms with Crippen molar-refractivity contribution >= 4 is 5.91 Å². The van der Waals surface area contributed by atoms with Crippen LogP contribution in [0.1, 0.15) is 31.7 Å². The normalized spacial score (nSPS) is 16.6. The van der Waals surface area contributed by atoms with Gasteiger partial charge < -0.3 is 10.1 Å². The molecule has 0 spiro atoms. The quantitative estimate of drug-likeness (QED) is 0.843. The first kappa shape index (κ1) is 11.0. The number of carbonyl (C=O) groups is 1. The molecule has 1 aliphatic rings. The monoisotopic (exact) mass is 219 g/mol. The van der Waals surface area contributed by atoms with Crippen molar-refractivity contribution in [2.24, 2.45) is 0 Å². The molecule has 3 heteroatoms. The van der Waals surface area contributed by atoms with Crippen LogP contribution in [-0.4, -0.2) is 13.0 Å². The lowest BCUT2D eigenvalue weighted by Gasteiger charge is -2.17. The Bertz CT molecular complexity index is 379. The summed E-state index contributed by atoms with van der Waals surface area (Å²) in [6, 6.07) is 7.94. The number of benzene rings is 1. The van der Waals surface area contributed by atoms with E-state index in [9.17, 15) is 4.79 Å². The van der Waals surface area contributed by atoms with Crippen molar-refractivity contribution in [2.75, 3.05) is 7.11 Å². The molecule has 0 aliphatic heterocycles. The van der Waals surface area contributed by atoms with E-state index in [2.05, 4.69) is 5.32 Å². The minimum absolute atomic E-state index is 0.0979. The van der Waals surface area contributed by atoms with Crippen LogP contribution in [0.5, 0.6) is 5.75 Å². The summed E-state index contributed by atoms with van der Waals surface area (Å²) in [6.07, 6.45) is 2.61. The fourth-order valence-corrected chi connectivity index (χ4v) is 1.88. The van der Waals surface area contributed by atoms with E-state index in [0.29, 0.717) is 6.42 Å². The zero-order valence-corrected chi connectivity index (χ0v) is 9.75. The number of carbonyl (C=O) groups excluding carboxylic acids is 1. The lowest BCUT2D eigenvalue weighted by molar-refractivity contribution is -0.121. The molecule has 0 bridgehead atoms. The zero-order valence-electron chi connectivity index (χ0n) is 9.75. The van der Waals surface area contributed by atoms with Crippen molar-refractivity contribution in [1.29, 1.82) is 0 Å². The Kier molecular flexibility index (Phi) is 2.86. The molecule has 0 unspecified atom stereocenters. The predicted octanol–water partition coefficient (Wildman–Crippen LogP) is 2.21. The number of ether oxygens (including phenoxy) is 1. The Labute approximate surface area is 95.8 Å². The first-order valence-electron chi connectivity index (χ1n) is 5.66. The molecule has 1 fully saturated rings. The number of hydrogen-bond donors (Lipinski definition) is 1. The summed E-state index contributed by atoms with van der Waals surface area (Å²) in [5.41, 5.74) is 1.08. The van der Waals surface area contributed by atoms with E-state index < -0.39 is 0 Å². The second kappa shape index (κ2) is 4.16. The molecule has 1 aromatic rings. The van der Waals surface area contributed by atoms with Gasteiger partial charge in [0.1, 0.15) is 5.75 Å². The predicted molar refractivity (Wildman–Crippen MR) is 62.3 cm³/mol. The van der Waals surface area contributed by atoms with Crippen LogP contribution in [0.3, 0.4) is 0 Å². The highest BCUT2D eigenvalue weighted by Gasteiger charge is 2.45. The summed E-state index contributed by atoms with van der Waals surface area (Å²) < 4.78 is 5.12. The Morgan fingerprint density at radius 1 is 1.38 bits per heavy atom. The Morgan fingerprint density at radius 3 is 2.44 bits per heavy atom. The van der Waals surface area contributed by atoms with Crippen LogP contribution in [0.4, 0.5) is 0 Å². The summed E-state index contributed by atoms with van der Waals surface area (Å²) in [5, 5.41) is 3.09. The maximum Gasteiger partial charge on any atom is 0.220 e. The van der Waals surface area contributed by atoms with E-state index in [1.807, 2.05) is 31.2 Å². The number of amides is 1. The molecular formula is C13H17NO2. The Hall–Kier alpha value is -1.51. The summed E-state index contributed by atoms with van der Waals surface area (Å²) in [7, 11) is 1.65. The third-order valence-corrected chi connectivity index (χ3v) is 3.09. The van der Waals surface area contributed by atoms with Crippen molar-refractivity contribution in [1.82, 2.24) is 5.32 Å². The highest BCUT2D eigenvalue weighted by molar-refractivity contribution is 5.77. The highest BCUT2D eigenvalue weighted by Crippen LogP contribution is 2.45. The topological polar surface area (TPSA) is 38.3 Å². The molecule has 0 aromatic heterocycles. The van der Waals surface area contributed by atoms with Crippen LogP contribution < -0.4 is 10.1 Å². The fourth-order valence-electron chi connectivity index (χ4n) is 1.88. The largest absolute Gasteiger partial charge is 0.497 e. The highest BCUT2D eigenvalue weighted by atomic mass is 16.5. The van der Waals surface area contributed by atoms with E-state index in [4.69, 9.17) is 4.74 Å². The van der Waals surface area contributed by atoms with Gasteiger partial charge in [-0.15, -0.1) is 0 Å². The molecule has 1 saturated carbocycles. The van der Waals surface area contributed by atoms with E-state index in [1.165, 1.54) is 5.56 Å². The maximum atomic E-state index is 11.4. The molecule has 1 aromatic carbocycles. The second-order valence-corrected chi connectivity index (χ2v) is 4.21. The van der Waals surface area contributed by atoms with E-state index >= 15 is 0 Å². The Morgan fingerprint density at radius 2 is 2.00 bits per heavy atom. The van der Waals surface area contributed by atoms with Crippen molar-refractivity contribution in [2.45, 2.75) is 31.7 Å². The average molecular weight is 219 g/mol. The van der Waals surface area contributed by atoms with Crippen LogP contribution in [-0.2, 0) is 10.3 Å². The SMILES string of the molecule is CCC(=O)NC1(c2ccc(OC)cc2)CC1. The molecule has 0 atom stereocenters. The van der Waals surface area contributed by atoms with Crippen LogP contribution in [0, 0.1) is 0 Å².